The number of rotatable bonds is 7. The third-order valence-corrected chi connectivity index (χ3v) is 6.04. The number of fused-ring (bicyclic) bond motifs is 1. The Morgan fingerprint density at radius 2 is 1.45 bits per heavy atom. The maximum atomic E-state index is 13.5. The monoisotopic (exact) mass is 519 g/mol. The Hall–Kier alpha value is -3.91. The molecule has 3 rings (SSSR count). The van der Waals surface area contributed by atoms with Gasteiger partial charge in [-0.3, -0.25) is 4.79 Å². The van der Waals surface area contributed by atoms with Gasteiger partial charge in [-0.2, -0.15) is 0 Å². The molecule has 0 aliphatic heterocycles. The van der Waals surface area contributed by atoms with Crippen molar-refractivity contribution >= 4 is 40.1 Å². The summed E-state index contributed by atoms with van der Waals surface area (Å²) in [5.74, 6) is -1.18. The van der Waals surface area contributed by atoms with Crippen molar-refractivity contribution < 1.29 is 23.9 Å². The highest BCUT2D eigenvalue weighted by Crippen LogP contribution is 2.26. The lowest BCUT2D eigenvalue weighted by molar-refractivity contribution is -0.150. The highest BCUT2D eigenvalue weighted by atomic mass is 16.5. The Kier molecular flexibility index (Phi) is 8.78. The number of hydrogen-bond donors (Lipinski definition) is 3. The zero-order valence-electron chi connectivity index (χ0n) is 23.3. The summed E-state index contributed by atoms with van der Waals surface area (Å²) in [5.41, 5.74) is 3.63. The third kappa shape index (κ3) is 7.10. The van der Waals surface area contributed by atoms with E-state index in [2.05, 4.69) is 16.0 Å². The number of amides is 3. The fourth-order valence-corrected chi connectivity index (χ4v) is 4.52. The van der Waals surface area contributed by atoms with Crippen molar-refractivity contribution in [2.75, 3.05) is 17.7 Å². The summed E-state index contributed by atoms with van der Waals surface area (Å²) < 4.78 is 10.9. The smallest absolute Gasteiger partial charge is 0.331 e. The Morgan fingerprint density at radius 3 is 2.00 bits per heavy atom. The molecule has 0 bridgehead atoms. The first-order valence-electron chi connectivity index (χ1n) is 12.5. The SMILES string of the molecule is COC(=O)[C@@H](NC(=O)c1cc2ccccc2cc1NC(=O)Nc1c(C)cc(C)cc1C)[C@@H](C)OC(C)(C)C. The normalized spacial score (nSPS) is 12.9. The van der Waals surface area contributed by atoms with E-state index in [-0.39, 0.29) is 5.56 Å². The Bertz CT molecular complexity index is 1340. The molecule has 3 aromatic rings. The van der Waals surface area contributed by atoms with Gasteiger partial charge in [-0.1, -0.05) is 42.0 Å². The molecule has 3 amide bonds. The van der Waals surface area contributed by atoms with Crippen molar-refractivity contribution in [1.82, 2.24) is 5.32 Å². The molecule has 0 fully saturated rings. The van der Waals surface area contributed by atoms with Gasteiger partial charge in [0, 0.05) is 5.69 Å². The van der Waals surface area contributed by atoms with E-state index >= 15 is 0 Å². The van der Waals surface area contributed by atoms with Gasteiger partial charge >= 0.3 is 12.0 Å². The van der Waals surface area contributed by atoms with E-state index in [0.717, 1.165) is 27.5 Å². The van der Waals surface area contributed by atoms with E-state index < -0.39 is 35.7 Å². The predicted molar refractivity (Wildman–Crippen MR) is 151 cm³/mol. The summed E-state index contributed by atoms with van der Waals surface area (Å²) in [6.07, 6.45) is -0.668. The minimum absolute atomic E-state index is 0.202. The van der Waals surface area contributed by atoms with Crippen LogP contribution in [0.1, 0.15) is 54.7 Å². The summed E-state index contributed by atoms with van der Waals surface area (Å²) in [7, 11) is 1.26. The minimum atomic E-state index is -1.06. The molecule has 0 aromatic heterocycles. The number of ether oxygens (including phenoxy) is 2. The van der Waals surface area contributed by atoms with Crippen LogP contribution in [0.15, 0.2) is 48.5 Å². The molecular formula is C30H37N3O5. The van der Waals surface area contributed by atoms with Crippen molar-refractivity contribution in [2.45, 2.75) is 66.2 Å². The quantitative estimate of drug-likeness (QED) is 0.338. The van der Waals surface area contributed by atoms with E-state index in [1.54, 1.807) is 19.1 Å². The second-order valence-electron chi connectivity index (χ2n) is 10.5. The minimum Gasteiger partial charge on any atom is -0.467 e. The van der Waals surface area contributed by atoms with Crippen LogP contribution < -0.4 is 16.0 Å². The molecule has 202 valence electrons. The van der Waals surface area contributed by atoms with E-state index in [9.17, 15) is 14.4 Å². The number of aryl methyl sites for hydroxylation is 3. The van der Waals surface area contributed by atoms with Crippen LogP contribution >= 0.6 is 0 Å². The lowest BCUT2D eigenvalue weighted by Crippen LogP contribution is -2.51. The Morgan fingerprint density at radius 1 is 0.868 bits per heavy atom. The number of urea groups is 1. The lowest BCUT2D eigenvalue weighted by Gasteiger charge is -2.30. The number of anilines is 2. The standard InChI is InChI=1S/C30H37N3O5/c1-17-13-18(2)25(19(3)14-17)33-29(36)31-24-16-22-12-10-9-11-21(22)15-23(24)27(34)32-26(28(35)37-8)20(4)38-30(5,6)7/h9-16,20,26H,1-8H3,(H,32,34)(H2,31,33,36)/t20-,26+/m1/s1. The van der Waals surface area contributed by atoms with Crippen LogP contribution in [-0.4, -0.2) is 42.8 Å². The van der Waals surface area contributed by atoms with Crippen molar-refractivity contribution in [3.05, 3.63) is 70.8 Å². The van der Waals surface area contributed by atoms with Crippen LogP contribution in [0.3, 0.4) is 0 Å². The second kappa shape index (κ2) is 11.6. The fraction of sp³-hybridized carbons (Fsp3) is 0.367. The van der Waals surface area contributed by atoms with Crippen LogP contribution in [0.25, 0.3) is 10.8 Å². The molecule has 0 aliphatic carbocycles. The largest absolute Gasteiger partial charge is 0.467 e. The zero-order chi connectivity index (χ0) is 28.2. The van der Waals surface area contributed by atoms with Gasteiger partial charge < -0.3 is 25.4 Å². The van der Waals surface area contributed by atoms with E-state index in [4.69, 9.17) is 9.47 Å². The highest BCUT2D eigenvalue weighted by molar-refractivity contribution is 6.10. The zero-order valence-corrected chi connectivity index (χ0v) is 23.3. The number of methoxy groups -OCH3 is 1. The first-order valence-corrected chi connectivity index (χ1v) is 12.5. The lowest BCUT2D eigenvalue weighted by atomic mass is 10.0. The van der Waals surface area contributed by atoms with Gasteiger partial charge in [0.05, 0.1) is 30.1 Å². The molecule has 0 unspecified atom stereocenters. The first-order chi connectivity index (χ1) is 17.8. The summed E-state index contributed by atoms with van der Waals surface area (Å²) in [4.78, 5) is 39.2. The molecule has 8 heteroatoms. The van der Waals surface area contributed by atoms with Gasteiger partial charge in [-0.25, -0.2) is 9.59 Å². The Labute approximate surface area is 224 Å². The fourth-order valence-electron chi connectivity index (χ4n) is 4.52. The van der Waals surface area contributed by atoms with Crippen LogP contribution in [0, 0.1) is 20.8 Å². The number of esters is 1. The molecule has 38 heavy (non-hydrogen) atoms. The summed E-state index contributed by atoms with van der Waals surface area (Å²) in [6.45, 7) is 13.1. The first kappa shape index (κ1) is 28.7. The molecule has 2 atom stereocenters. The van der Waals surface area contributed by atoms with E-state index in [1.165, 1.54) is 7.11 Å². The van der Waals surface area contributed by atoms with Gasteiger partial charge in [-0.15, -0.1) is 0 Å². The molecule has 0 aliphatic rings. The van der Waals surface area contributed by atoms with Crippen molar-refractivity contribution in [3.63, 3.8) is 0 Å². The summed E-state index contributed by atoms with van der Waals surface area (Å²) in [6, 6.07) is 13.4. The molecule has 0 saturated carbocycles. The van der Waals surface area contributed by atoms with Crippen molar-refractivity contribution in [2.24, 2.45) is 0 Å². The van der Waals surface area contributed by atoms with Gasteiger partial charge in [-0.05, 0) is 82.5 Å². The molecule has 8 nitrogen and oxygen atoms in total. The molecule has 3 aromatic carbocycles. The van der Waals surface area contributed by atoms with Gasteiger partial charge in [0.1, 0.15) is 0 Å². The van der Waals surface area contributed by atoms with Crippen LogP contribution in [0.5, 0.6) is 0 Å². The average Bonchev–Trinajstić information content (AvgIpc) is 2.82. The van der Waals surface area contributed by atoms with Crippen LogP contribution in [0.4, 0.5) is 16.2 Å². The number of carbonyl (C=O) groups is 3. The molecule has 0 radical (unpaired) electrons. The third-order valence-electron chi connectivity index (χ3n) is 6.04. The molecular weight excluding hydrogens is 482 g/mol. The van der Waals surface area contributed by atoms with Crippen molar-refractivity contribution in [1.29, 1.82) is 0 Å². The molecule has 0 heterocycles. The van der Waals surface area contributed by atoms with Crippen molar-refractivity contribution in [3.8, 4) is 0 Å². The number of carbonyl (C=O) groups excluding carboxylic acids is 3. The topological polar surface area (TPSA) is 106 Å². The van der Waals surface area contributed by atoms with E-state index in [0.29, 0.717) is 11.4 Å². The average molecular weight is 520 g/mol. The second-order valence-corrected chi connectivity index (χ2v) is 10.5. The predicted octanol–water partition coefficient (Wildman–Crippen LogP) is 5.88. The number of nitrogens with one attached hydrogen (secondary N) is 3. The molecule has 3 N–H and O–H groups in total. The number of benzene rings is 3. The van der Waals surface area contributed by atoms with Gasteiger partial charge in [0.15, 0.2) is 6.04 Å². The van der Waals surface area contributed by atoms with Gasteiger partial charge in [0.25, 0.3) is 5.91 Å². The van der Waals surface area contributed by atoms with Crippen LogP contribution in [0.2, 0.25) is 0 Å². The maximum absolute atomic E-state index is 13.5. The van der Waals surface area contributed by atoms with E-state index in [1.807, 2.05) is 77.9 Å². The maximum Gasteiger partial charge on any atom is 0.331 e. The Balaban J connectivity index is 1.95. The van der Waals surface area contributed by atoms with Crippen LogP contribution in [-0.2, 0) is 14.3 Å². The van der Waals surface area contributed by atoms with Gasteiger partial charge in [0.2, 0.25) is 0 Å². The summed E-state index contributed by atoms with van der Waals surface area (Å²) >= 11 is 0. The molecule has 0 spiro atoms. The highest BCUT2D eigenvalue weighted by Gasteiger charge is 2.32. The number of hydrogen-bond acceptors (Lipinski definition) is 5. The molecule has 0 saturated heterocycles. The summed E-state index contributed by atoms with van der Waals surface area (Å²) in [5, 5.41) is 10.1.